The number of ether oxygens (including phenoxy) is 2. The Balaban J connectivity index is 1.59. The molecule has 0 radical (unpaired) electrons. The molecular weight excluding hydrogens is 358 g/mol. The maximum absolute atomic E-state index is 13.6. The van der Waals surface area contributed by atoms with Crippen molar-refractivity contribution in [1.29, 1.82) is 0 Å². The van der Waals surface area contributed by atoms with E-state index < -0.39 is 17.5 Å². The summed E-state index contributed by atoms with van der Waals surface area (Å²) < 4.78 is 37.1. The van der Waals surface area contributed by atoms with E-state index in [0.717, 1.165) is 17.7 Å². The van der Waals surface area contributed by atoms with Crippen LogP contribution in [0.5, 0.6) is 11.5 Å². The average Bonchev–Trinajstić information content (AvgIpc) is 3.11. The van der Waals surface area contributed by atoms with E-state index in [1.165, 1.54) is 0 Å². The number of rotatable bonds is 6. The van der Waals surface area contributed by atoms with E-state index in [0.29, 0.717) is 30.7 Å². The van der Waals surface area contributed by atoms with E-state index in [2.05, 4.69) is 5.32 Å². The van der Waals surface area contributed by atoms with Crippen molar-refractivity contribution in [1.82, 2.24) is 10.2 Å². The summed E-state index contributed by atoms with van der Waals surface area (Å²) in [6.07, 6.45) is 0. The third-order valence-electron chi connectivity index (χ3n) is 4.12. The molecule has 0 aliphatic carbocycles. The minimum absolute atomic E-state index is 0.168. The zero-order valence-electron chi connectivity index (χ0n) is 14.6. The first-order valence-corrected chi connectivity index (χ1v) is 8.37. The lowest BCUT2D eigenvalue weighted by atomic mass is 10.2. The molecule has 8 heteroatoms. The van der Waals surface area contributed by atoms with E-state index in [4.69, 9.17) is 9.47 Å². The van der Waals surface area contributed by atoms with E-state index in [1.807, 2.05) is 13.0 Å². The minimum atomic E-state index is -0.979. The van der Waals surface area contributed by atoms with Gasteiger partial charge < -0.3 is 19.7 Å². The molecule has 0 aromatic heterocycles. The predicted octanol–water partition coefficient (Wildman–Crippen LogP) is 2.47. The Labute approximate surface area is 154 Å². The molecule has 2 amide bonds. The molecule has 27 heavy (non-hydrogen) atoms. The molecule has 3 rings (SSSR count). The van der Waals surface area contributed by atoms with Gasteiger partial charge in [-0.05, 0) is 36.8 Å². The average molecular weight is 376 g/mol. The van der Waals surface area contributed by atoms with Crippen molar-refractivity contribution in [3.63, 3.8) is 0 Å². The van der Waals surface area contributed by atoms with Crippen molar-refractivity contribution in [2.45, 2.75) is 13.5 Å². The number of hydrogen-bond donors (Lipinski definition) is 1. The van der Waals surface area contributed by atoms with E-state index >= 15 is 0 Å². The van der Waals surface area contributed by atoms with Gasteiger partial charge in [0.15, 0.2) is 11.5 Å². The van der Waals surface area contributed by atoms with E-state index in [9.17, 15) is 18.4 Å². The smallest absolute Gasteiger partial charge is 0.254 e. The van der Waals surface area contributed by atoms with E-state index in [-0.39, 0.29) is 24.8 Å². The number of halogens is 2. The second kappa shape index (κ2) is 8.03. The van der Waals surface area contributed by atoms with Crippen LogP contribution in [0.4, 0.5) is 8.78 Å². The van der Waals surface area contributed by atoms with Crippen LogP contribution in [-0.4, -0.2) is 36.6 Å². The first kappa shape index (κ1) is 18.6. The highest BCUT2D eigenvalue weighted by Gasteiger charge is 2.18. The lowest BCUT2D eigenvalue weighted by Crippen LogP contribution is -2.40. The van der Waals surface area contributed by atoms with Gasteiger partial charge in [0.25, 0.3) is 5.91 Å². The van der Waals surface area contributed by atoms with Crippen LogP contribution in [0.1, 0.15) is 22.8 Å². The standard InChI is InChI=1S/C19H18F2N2O4/c1-2-23(10-12-3-6-16-17(7-12)27-11-26-16)18(24)9-22-19(25)14-5-4-13(20)8-15(14)21/h3-8H,2,9-11H2,1H3,(H,22,25). The third kappa shape index (κ3) is 4.33. The van der Waals surface area contributed by atoms with Gasteiger partial charge in [0.1, 0.15) is 11.6 Å². The number of likely N-dealkylation sites (N-methyl/N-ethyl adjacent to an activating group) is 1. The first-order valence-electron chi connectivity index (χ1n) is 8.37. The number of amides is 2. The molecule has 0 spiro atoms. The number of benzene rings is 2. The van der Waals surface area contributed by atoms with Gasteiger partial charge in [-0.3, -0.25) is 9.59 Å². The summed E-state index contributed by atoms with van der Waals surface area (Å²) in [4.78, 5) is 25.9. The van der Waals surface area contributed by atoms with Gasteiger partial charge >= 0.3 is 0 Å². The molecule has 1 N–H and O–H groups in total. The van der Waals surface area contributed by atoms with Gasteiger partial charge in [0.2, 0.25) is 12.7 Å². The Morgan fingerprint density at radius 1 is 1.11 bits per heavy atom. The molecule has 2 aromatic carbocycles. The van der Waals surface area contributed by atoms with Crippen LogP contribution >= 0.6 is 0 Å². The van der Waals surface area contributed by atoms with Crippen molar-refractivity contribution in [2.24, 2.45) is 0 Å². The summed E-state index contributed by atoms with van der Waals surface area (Å²) in [5, 5.41) is 2.36. The van der Waals surface area contributed by atoms with Crippen molar-refractivity contribution >= 4 is 11.8 Å². The molecule has 0 unspecified atom stereocenters. The third-order valence-corrected chi connectivity index (χ3v) is 4.12. The molecule has 2 aromatic rings. The Morgan fingerprint density at radius 3 is 2.63 bits per heavy atom. The molecule has 0 atom stereocenters. The van der Waals surface area contributed by atoms with Crippen LogP contribution in [0, 0.1) is 11.6 Å². The number of carbonyl (C=O) groups is 2. The van der Waals surface area contributed by atoms with Crippen molar-refractivity contribution in [3.05, 3.63) is 59.2 Å². The van der Waals surface area contributed by atoms with Crippen molar-refractivity contribution in [3.8, 4) is 11.5 Å². The van der Waals surface area contributed by atoms with Gasteiger partial charge in [0, 0.05) is 19.2 Å². The van der Waals surface area contributed by atoms with Crippen LogP contribution in [0.25, 0.3) is 0 Å². The first-order chi connectivity index (χ1) is 13.0. The summed E-state index contributed by atoms with van der Waals surface area (Å²) in [6.45, 7) is 2.43. The zero-order chi connectivity index (χ0) is 19.4. The number of nitrogens with zero attached hydrogens (tertiary/aromatic N) is 1. The molecule has 1 aliphatic rings. The molecule has 6 nitrogen and oxygen atoms in total. The fourth-order valence-electron chi connectivity index (χ4n) is 2.67. The van der Waals surface area contributed by atoms with Crippen LogP contribution in [0.2, 0.25) is 0 Å². The molecule has 142 valence electrons. The number of carbonyl (C=O) groups excluding carboxylic acids is 2. The SMILES string of the molecule is CCN(Cc1ccc2c(c1)OCO2)C(=O)CNC(=O)c1ccc(F)cc1F. The number of nitrogens with one attached hydrogen (secondary N) is 1. The number of fused-ring (bicyclic) bond motifs is 1. The van der Waals surface area contributed by atoms with Gasteiger partial charge in [-0.15, -0.1) is 0 Å². The molecule has 0 saturated carbocycles. The molecule has 1 aliphatic heterocycles. The summed E-state index contributed by atoms with van der Waals surface area (Å²) in [5.41, 5.74) is 0.536. The highest BCUT2D eigenvalue weighted by Crippen LogP contribution is 2.32. The maximum atomic E-state index is 13.6. The van der Waals surface area contributed by atoms with Crippen LogP contribution in [-0.2, 0) is 11.3 Å². The summed E-state index contributed by atoms with van der Waals surface area (Å²) in [6, 6.07) is 8.04. The summed E-state index contributed by atoms with van der Waals surface area (Å²) in [7, 11) is 0. The van der Waals surface area contributed by atoms with Crippen molar-refractivity contribution < 1.29 is 27.8 Å². The van der Waals surface area contributed by atoms with Crippen LogP contribution in [0.15, 0.2) is 36.4 Å². The van der Waals surface area contributed by atoms with Gasteiger partial charge in [-0.1, -0.05) is 6.07 Å². The highest BCUT2D eigenvalue weighted by molar-refractivity contribution is 5.96. The van der Waals surface area contributed by atoms with E-state index in [1.54, 1.807) is 17.0 Å². The topological polar surface area (TPSA) is 67.9 Å². The van der Waals surface area contributed by atoms with Gasteiger partial charge in [-0.25, -0.2) is 8.78 Å². The fourth-order valence-corrected chi connectivity index (χ4v) is 2.67. The van der Waals surface area contributed by atoms with Crippen LogP contribution < -0.4 is 14.8 Å². The van der Waals surface area contributed by atoms with Gasteiger partial charge in [0.05, 0.1) is 12.1 Å². The Morgan fingerprint density at radius 2 is 1.89 bits per heavy atom. The second-order valence-electron chi connectivity index (χ2n) is 5.90. The van der Waals surface area contributed by atoms with Gasteiger partial charge in [-0.2, -0.15) is 0 Å². The second-order valence-corrected chi connectivity index (χ2v) is 5.90. The Kier molecular flexibility index (Phi) is 5.54. The van der Waals surface area contributed by atoms with Crippen molar-refractivity contribution in [2.75, 3.05) is 19.9 Å². The molecule has 0 saturated heterocycles. The maximum Gasteiger partial charge on any atom is 0.254 e. The normalized spacial score (nSPS) is 12.0. The quantitative estimate of drug-likeness (QED) is 0.841. The molecule has 0 bridgehead atoms. The Bertz CT molecular complexity index is 873. The molecule has 1 heterocycles. The minimum Gasteiger partial charge on any atom is -0.454 e. The largest absolute Gasteiger partial charge is 0.454 e. The predicted molar refractivity (Wildman–Crippen MR) is 92.3 cm³/mol. The summed E-state index contributed by atoms with van der Waals surface area (Å²) >= 11 is 0. The lowest BCUT2D eigenvalue weighted by Gasteiger charge is -2.21. The fraction of sp³-hybridized carbons (Fsp3) is 0.263. The highest BCUT2D eigenvalue weighted by atomic mass is 19.1. The molecular formula is C19H18F2N2O4. The number of hydrogen-bond acceptors (Lipinski definition) is 4. The Hall–Kier alpha value is -3.16. The van der Waals surface area contributed by atoms with Crippen LogP contribution in [0.3, 0.4) is 0 Å². The zero-order valence-corrected chi connectivity index (χ0v) is 14.6. The molecule has 0 fully saturated rings. The summed E-state index contributed by atoms with van der Waals surface area (Å²) in [5.74, 6) is -1.59. The monoisotopic (exact) mass is 376 g/mol. The lowest BCUT2D eigenvalue weighted by molar-refractivity contribution is -0.130.